The Morgan fingerprint density at radius 3 is 2.81 bits per heavy atom. The summed E-state index contributed by atoms with van der Waals surface area (Å²) < 4.78 is 6.06. The Hall–Kier alpha value is -1.02. The van der Waals surface area contributed by atoms with Gasteiger partial charge in [0.05, 0.1) is 0 Å². The molecule has 0 spiro atoms. The Balaban J connectivity index is 2.05. The normalized spacial score (nSPS) is 25.4. The molecule has 2 nitrogen and oxygen atoms in total. The van der Waals surface area contributed by atoms with Crippen LogP contribution in [0.2, 0.25) is 0 Å². The van der Waals surface area contributed by atoms with Crippen molar-refractivity contribution in [2.24, 2.45) is 5.73 Å². The molecule has 0 aliphatic heterocycles. The fourth-order valence-corrected chi connectivity index (χ4v) is 2.32. The molecule has 1 aromatic carbocycles. The van der Waals surface area contributed by atoms with Crippen LogP contribution < -0.4 is 10.5 Å². The molecule has 88 valence electrons. The van der Waals surface area contributed by atoms with E-state index in [2.05, 4.69) is 32.0 Å². The predicted octanol–water partition coefficient (Wildman–Crippen LogP) is 2.95. The first kappa shape index (κ1) is 11.5. The first-order chi connectivity index (χ1) is 7.66. The van der Waals surface area contributed by atoms with Crippen LogP contribution in [0.3, 0.4) is 0 Å². The average molecular weight is 219 g/mol. The van der Waals surface area contributed by atoms with Crippen molar-refractivity contribution in [3.8, 4) is 5.75 Å². The van der Waals surface area contributed by atoms with E-state index in [0.717, 1.165) is 25.0 Å². The van der Waals surface area contributed by atoms with E-state index in [9.17, 15) is 0 Å². The van der Waals surface area contributed by atoms with Crippen LogP contribution in [0.15, 0.2) is 18.2 Å². The zero-order valence-corrected chi connectivity index (χ0v) is 10.2. The van der Waals surface area contributed by atoms with Crippen LogP contribution in [-0.2, 0) is 0 Å². The highest BCUT2D eigenvalue weighted by Gasteiger charge is 2.21. The number of hydrogen-bond donors (Lipinski definition) is 1. The van der Waals surface area contributed by atoms with Gasteiger partial charge in [0.25, 0.3) is 0 Å². The lowest BCUT2D eigenvalue weighted by atomic mass is 9.93. The van der Waals surface area contributed by atoms with Gasteiger partial charge in [0.2, 0.25) is 0 Å². The third-order valence-corrected chi connectivity index (χ3v) is 3.52. The Morgan fingerprint density at radius 2 is 2.06 bits per heavy atom. The highest BCUT2D eigenvalue weighted by molar-refractivity contribution is 5.38. The Bertz CT molecular complexity index is 362. The molecule has 0 heterocycles. The van der Waals surface area contributed by atoms with Crippen molar-refractivity contribution in [2.75, 3.05) is 0 Å². The van der Waals surface area contributed by atoms with Crippen molar-refractivity contribution in [2.45, 2.75) is 51.7 Å². The van der Waals surface area contributed by atoms with Gasteiger partial charge in [-0.25, -0.2) is 0 Å². The molecule has 2 N–H and O–H groups in total. The van der Waals surface area contributed by atoms with Gasteiger partial charge in [0.1, 0.15) is 11.9 Å². The topological polar surface area (TPSA) is 35.2 Å². The minimum atomic E-state index is 0.309. The van der Waals surface area contributed by atoms with E-state index < -0.39 is 0 Å². The van der Waals surface area contributed by atoms with Crippen molar-refractivity contribution >= 4 is 0 Å². The maximum absolute atomic E-state index is 6.06. The van der Waals surface area contributed by atoms with Gasteiger partial charge < -0.3 is 10.5 Å². The third-order valence-electron chi connectivity index (χ3n) is 3.52. The molecular formula is C14H21NO. The van der Waals surface area contributed by atoms with Gasteiger partial charge in [-0.2, -0.15) is 0 Å². The van der Waals surface area contributed by atoms with Gasteiger partial charge in [-0.15, -0.1) is 0 Å². The molecule has 1 fully saturated rings. The van der Waals surface area contributed by atoms with Gasteiger partial charge in [0, 0.05) is 6.04 Å². The van der Waals surface area contributed by atoms with Crippen molar-refractivity contribution in [3.63, 3.8) is 0 Å². The largest absolute Gasteiger partial charge is 0.490 e. The summed E-state index contributed by atoms with van der Waals surface area (Å²) in [7, 11) is 0. The van der Waals surface area contributed by atoms with E-state index >= 15 is 0 Å². The highest BCUT2D eigenvalue weighted by atomic mass is 16.5. The van der Waals surface area contributed by atoms with Crippen LogP contribution in [-0.4, -0.2) is 12.1 Å². The lowest BCUT2D eigenvalue weighted by molar-refractivity contribution is 0.143. The molecule has 1 saturated carbocycles. The summed E-state index contributed by atoms with van der Waals surface area (Å²) in [6, 6.07) is 6.56. The molecule has 0 saturated heterocycles. The summed E-state index contributed by atoms with van der Waals surface area (Å²) in [6.07, 6.45) is 4.78. The lowest BCUT2D eigenvalue weighted by Gasteiger charge is -2.28. The molecule has 0 amide bonds. The summed E-state index contributed by atoms with van der Waals surface area (Å²) in [5, 5.41) is 0. The van der Waals surface area contributed by atoms with Crippen LogP contribution >= 0.6 is 0 Å². The van der Waals surface area contributed by atoms with Crippen molar-refractivity contribution in [1.29, 1.82) is 0 Å². The number of nitrogens with two attached hydrogens (primary N) is 1. The van der Waals surface area contributed by atoms with Gasteiger partial charge in [-0.1, -0.05) is 12.1 Å². The number of benzene rings is 1. The lowest BCUT2D eigenvalue weighted by Crippen LogP contribution is -2.33. The van der Waals surface area contributed by atoms with Crippen LogP contribution in [0.4, 0.5) is 0 Å². The Morgan fingerprint density at radius 1 is 1.25 bits per heavy atom. The number of hydrogen-bond acceptors (Lipinski definition) is 2. The van der Waals surface area contributed by atoms with Crippen LogP contribution in [0.5, 0.6) is 5.75 Å². The number of aryl methyl sites for hydroxylation is 1. The summed E-state index contributed by atoms with van der Waals surface area (Å²) in [4.78, 5) is 0. The van der Waals surface area contributed by atoms with Crippen molar-refractivity contribution in [3.05, 3.63) is 29.3 Å². The van der Waals surface area contributed by atoms with Gasteiger partial charge in [-0.3, -0.25) is 0 Å². The molecule has 1 aliphatic carbocycles. The van der Waals surface area contributed by atoms with Crippen LogP contribution in [0.25, 0.3) is 0 Å². The first-order valence-corrected chi connectivity index (χ1v) is 6.15. The van der Waals surface area contributed by atoms with E-state index in [0.29, 0.717) is 12.1 Å². The van der Waals surface area contributed by atoms with E-state index in [1.165, 1.54) is 17.5 Å². The first-order valence-electron chi connectivity index (χ1n) is 6.15. The second-order valence-corrected chi connectivity index (χ2v) is 4.86. The average Bonchev–Trinajstić information content (AvgIpc) is 2.25. The minimum absolute atomic E-state index is 0.309. The second kappa shape index (κ2) is 4.88. The zero-order valence-electron chi connectivity index (χ0n) is 10.2. The molecule has 2 unspecified atom stereocenters. The van der Waals surface area contributed by atoms with Crippen molar-refractivity contribution in [1.82, 2.24) is 0 Å². The quantitative estimate of drug-likeness (QED) is 0.830. The van der Waals surface area contributed by atoms with Crippen LogP contribution in [0, 0.1) is 13.8 Å². The van der Waals surface area contributed by atoms with E-state index in [4.69, 9.17) is 10.5 Å². The molecule has 16 heavy (non-hydrogen) atoms. The molecule has 2 atom stereocenters. The molecular weight excluding hydrogens is 198 g/mol. The number of ether oxygens (including phenoxy) is 1. The molecule has 0 aromatic heterocycles. The maximum Gasteiger partial charge on any atom is 0.122 e. The molecule has 0 radical (unpaired) electrons. The van der Waals surface area contributed by atoms with Gasteiger partial charge >= 0.3 is 0 Å². The fourth-order valence-electron chi connectivity index (χ4n) is 2.32. The predicted molar refractivity (Wildman–Crippen MR) is 66.8 cm³/mol. The van der Waals surface area contributed by atoms with Gasteiger partial charge in [0.15, 0.2) is 0 Å². The zero-order chi connectivity index (χ0) is 11.5. The Kier molecular flexibility index (Phi) is 3.49. The summed E-state index contributed by atoms with van der Waals surface area (Å²) >= 11 is 0. The summed E-state index contributed by atoms with van der Waals surface area (Å²) in [5.74, 6) is 1.03. The summed E-state index contributed by atoms with van der Waals surface area (Å²) in [6.45, 7) is 4.24. The van der Waals surface area contributed by atoms with Gasteiger partial charge in [-0.05, 0) is 56.7 Å². The third kappa shape index (κ3) is 2.56. The molecule has 2 heteroatoms. The smallest absolute Gasteiger partial charge is 0.122 e. The molecule has 1 aromatic rings. The Labute approximate surface area is 97.8 Å². The number of rotatable bonds is 2. The monoisotopic (exact) mass is 219 g/mol. The molecule has 2 rings (SSSR count). The SMILES string of the molecule is Cc1cccc(OC2CCCC(N)C2)c1C. The minimum Gasteiger partial charge on any atom is -0.490 e. The van der Waals surface area contributed by atoms with E-state index in [1.807, 2.05) is 0 Å². The maximum atomic E-state index is 6.06. The van der Waals surface area contributed by atoms with Crippen LogP contribution in [0.1, 0.15) is 36.8 Å². The van der Waals surface area contributed by atoms with Crippen molar-refractivity contribution < 1.29 is 4.74 Å². The molecule has 1 aliphatic rings. The van der Waals surface area contributed by atoms with E-state index in [1.54, 1.807) is 0 Å². The second-order valence-electron chi connectivity index (χ2n) is 4.86. The highest BCUT2D eigenvalue weighted by Crippen LogP contribution is 2.26. The van der Waals surface area contributed by atoms with E-state index in [-0.39, 0.29) is 0 Å². The molecule has 0 bridgehead atoms. The standard InChI is InChI=1S/C14H21NO/c1-10-5-3-8-14(11(10)2)16-13-7-4-6-12(15)9-13/h3,5,8,12-13H,4,6-7,9,15H2,1-2H3. The fraction of sp³-hybridized carbons (Fsp3) is 0.571. The summed E-state index contributed by atoms with van der Waals surface area (Å²) in [5.41, 5.74) is 8.51.